The highest BCUT2D eigenvalue weighted by Crippen LogP contribution is 2.33. The molecular weight excluding hydrogens is 328 g/mol. The summed E-state index contributed by atoms with van der Waals surface area (Å²) in [6.07, 6.45) is 0.735. The minimum Gasteiger partial charge on any atom is -0.376 e. The summed E-state index contributed by atoms with van der Waals surface area (Å²) < 4.78 is 35.2. The van der Waals surface area contributed by atoms with Crippen molar-refractivity contribution in [3.8, 4) is 0 Å². The Morgan fingerprint density at radius 3 is 2.44 bits per heavy atom. The van der Waals surface area contributed by atoms with Gasteiger partial charge in [0.2, 0.25) is 5.91 Å². The molecular formula is C18H21F2N3O2. The molecule has 5 nitrogen and oxygen atoms in total. The quantitative estimate of drug-likeness (QED) is 0.901. The average molecular weight is 349 g/mol. The van der Waals surface area contributed by atoms with Crippen LogP contribution in [0.3, 0.4) is 0 Å². The number of nitrogens with zero attached hydrogens (tertiary/aromatic N) is 2. The first-order valence-electron chi connectivity index (χ1n) is 8.16. The van der Waals surface area contributed by atoms with Crippen LogP contribution >= 0.6 is 0 Å². The van der Waals surface area contributed by atoms with Crippen LogP contribution in [-0.2, 0) is 28.5 Å². The molecule has 1 aromatic carbocycles. The van der Waals surface area contributed by atoms with E-state index < -0.39 is 17.2 Å². The zero-order chi connectivity index (χ0) is 18.2. The summed E-state index contributed by atoms with van der Waals surface area (Å²) in [6, 6.07) is 3.68. The lowest BCUT2D eigenvalue weighted by atomic mass is 9.86. The zero-order valence-electron chi connectivity index (χ0n) is 14.5. The molecule has 0 saturated carbocycles. The van der Waals surface area contributed by atoms with Crippen LogP contribution < -0.4 is 5.32 Å². The van der Waals surface area contributed by atoms with Crippen molar-refractivity contribution < 1.29 is 18.3 Å². The third kappa shape index (κ3) is 3.16. The highest BCUT2D eigenvalue weighted by atomic mass is 19.1. The first-order chi connectivity index (χ1) is 11.8. The van der Waals surface area contributed by atoms with E-state index in [-0.39, 0.29) is 31.1 Å². The second-order valence-corrected chi connectivity index (χ2v) is 6.49. The molecule has 1 aliphatic heterocycles. The van der Waals surface area contributed by atoms with Crippen LogP contribution in [-0.4, -0.2) is 28.9 Å². The number of hydrogen-bond acceptors (Lipinski definition) is 3. The molecule has 0 spiro atoms. The maximum atomic E-state index is 14.1. The fraction of sp³-hybridized carbons (Fsp3) is 0.444. The molecule has 1 aliphatic rings. The van der Waals surface area contributed by atoms with Gasteiger partial charge in [0.25, 0.3) is 0 Å². The summed E-state index contributed by atoms with van der Waals surface area (Å²) >= 11 is 0. The molecule has 25 heavy (non-hydrogen) atoms. The molecule has 0 radical (unpaired) electrons. The number of carbonyl (C=O) groups is 1. The van der Waals surface area contributed by atoms with Gasteiger partial charge in [0, 0.05) is 19.2 Å². The van der Waals surface area contributed by atoms with Gasteiger partial charge in [0.15, 0.2) is 0 Å². The molecule has 3 rings (SSSR count). The largest absolute Gasteiger partial charge is 0.376 e. The molecule has 134 valence electrons. The number of carbonyl (C=O) groups excluding carboxylic acids is 1. The Hall–Kier alpha value is -2.28. The Bertz CT molecular complexity index is 793. The smallest absolute Gasteiger partial charge is 0.221 e. The fourth-order valence-electron chi connectivity index (χ4n) is 3.29. The molecule has 0 bridgehead atoms. The van der Waals surface area contributed by atoms with E-state index in [0.717, 1.165) is 17.0 Å². The molecule has 0 aliphatic carbocycles. The van der Waals surface area contributed by atoms with E-state index in [4.69, 9.17) is 4.74 Å². The number of halogens is 2. The molecule has 1 amide bonds. The maximum absolute atomic E-state index is 14.1. The number of amides is 1. The van der Waals surface area contributed by atoms with Gasteiger partial charge < -0.3 is 10.1 Å². The summed E-state index contributed by atoms with van der Waals surface area (Å²) in [6.45, 7) is 3.96. The average Bonchev–Trinajstić information content (AvgIpc) is 2.75. The van der Waals surface area contributed by atoms with Gasteiger partial charge in [-0.1, -0.05) is 6.07 Å². The summed E-state index contributed by atoms with van der Waals surface area (Å²) in [5.74, 6) is -1.63. The SMILES string of the molecule is Cc1nn(C)c(C)c1CCC(=O)NC1(c2c(F)cccc2F)COC1. The van der Waals surface area contributed by atoms with E-state index in [1.165, 1.54) is 18.2 Å². The monoisotopic (exact) mass is 349 g/mol. The van der Waals surface area contributed by atoms with Gasteiger partial charge in [-0.3, -0.25) is 9.48 Å². The van der Waals surface area contributed by atoms with Crippen LogP contribution in [0.5, 0.6) is 0 Å². The maximum Gasteiger partial charge on any atom is 0.221 e. The molecule has 1 N–H and O–H groups in total. The molecule has 7 heteroatoms. The highest BCUT2D eigenvalue weighted by Gasteiger charge is 2.45. The van der Waals surface area contributed by atoms with Crippen LogP contribution in [0.2, 0.25) is 0 Å². The van der Waals surface area contributed by atoms with Gasteiger partial charge in [0.05, 0.1) is 24.5 Å². The van der Waals surface area contributed by atoms with Gasteiger partial charge in [-0.15, -0.1) is 0 Å². The predicted octanol–water partition coefficient (Wildman–Crippen LogP) is 2.29. The van der Waals surface area contributed by atoms with E-state index in [0.29, 0.717) is 6.42 Å². The van der Waals surface area contributed by atoms with Crippen molar-refractivity contribution in [2.45, 2.75) is 32.2 Å². The number of rotatable bonds is 5. The minimum absolute atomic E-state index is 0.0571. The first-order valence-corrected chi connectivity index (χ1v) is 8.16. The van der Waals surface area contributed by atoms with E-state index in [1.807, 2.05) is 20.9 Å². The topological polar surface area (TPSA) is 56.2 Å². The van der Waals surface area contributed by atoms with E-state index in [2.05, 4.69) is 10.4 Å². The molecule has 1 fully saturated rings. The number of hydrogen-bond donors (Lipinski definition) is 1. The van der Waals surface area contributed by atoms with Crippen LogP contribution in [0.4, 0.5) is 8.78 Å². The third-order valence-electron chi connectivity index (χ3n) is 4.78. The normalized spacial score (nSPS) is 15.7. The molecule has 0 unspecified atom stereocenters. The van der Waals surface area contributed by atoms with Gasteiger partial charge >= 0.3 is 0 Å². The Morgan fingerprint density at radius 1 is 1.32 bits per heavy atom. The molecule has 1 aromatic heterocycles. The first kappa shape index (κ1) is 17.5. The van der Waals surface area contributed by atoms with Gasteiger partial charge in [-0.25, -0.2) is 8.78 Å². The Morgan fingerprint density at radius 2 is 1.96 bits per heavy atom. The predicted molar refractivity (Wildman–Crippen MR) is 88.0 cm³/mol. The van der Waals surface area contributed by atoms with E-state index in [1.54, 1.807) is 4.68 Å². The zero-order valence-corrected chi connectivity index (χ0v) is 14.5. The third-order valence-corrected chi connectivity index (χ3v) is 4.78. The van der Waals surface area contributed by atoms with Crippen molar-refractivity contribution in [1.82, 2.24) is 15.1 Å². The van der Waals surface area contributed by atoms with Crippen LogP contribution in [0.1, 0.15) is 28.9 Å². The number of aromatic nitrogens is 2. The van der Waals surface area contributed by atoms with Crippen LogP contribution in [0.15, 0.2) is 18.2 Å². The molecule has 2 heterocycles. The van der Waals surface area contributed by atoms with E-state index in [9.17, 15) is 13.6 Å². The number of benzene rings is 1. The molecule has 2 aromatic rings. The van der Waals surface area contributed by atoms with Crippen molar-refractivity contribution in [1.29, 1.82) is 0 Å². The van der Waals surface area contributed by atoms with Gasteiger partial charge in [-0.05, 0) is 38.0 Å². The van der Waals surface area contributed by atoms with Crippen molar-refractivity contribution in [2.75, 3.05) is 13.2 Å². The Kier molecular flexibility index (Phi) is 4.60. The molecule has 1 saturated heterocycles. The van der Waals surface area contributed by atoms with Crippen molar-refractivity contribution in [3.63, 3.8) is 0 Å². The second kappa shape index (κ2) is 6.55. The number of ether oxygens (including phenoxy) is 1. The minimum atomic E-state index is -1.13. The van der Waals surface area contributed by atoms with E-state index >= 15 is 0 Å². The second-order valence-electron chi connectivity index (χ2n) is 6.49. The van der Waals surface area contributed by atoms with Crippen LogP contribution in [0, 0.1) is 25.5 Å². The Balaban J connectivity index is 1.73. The van der Waals surface area contributed by atoms with Gasteiger partial charge in [-0.2, -0.15) is 5.10 Å². The highest BCUT2D eigenvalue weighted by molar-refractivity contribution is 5.77. The lowest BCUT2D eigenvalue weighted by Crippen LogP contribution is -2.60. The standard InChI is InChI=1S/C18H21F2N3O2/c1-11-13(12(2)23(3)22-11)7-8-16(24)21-18(9-25-10-18)17-14(19)5-4-6-15(17)20/h4-6H,7-10H2,1-3H3,(H,21,24). The fourth-order valence-corrected chi connectivity index (χ4v) is 3.29. The summed E-state index contributed by atoms with van der Waals surface area (Å²) in [5, 5.41) is 7.10. The van der Waals surface area contributed by atoms with Crippen molar-refractivity contribution in [3.05, 3.63) is 52.3 Å². The Labute approximate surface area is 145 Å². The number of aryl methyl sites for hydroxylation is 2. The lowest BCUT2D eigenvalue weighted by Gasteiger charge is -2.42. The molecule has 0 atom stereocenters. The van der Waals surface area contributed by atoms with Crippen molar-refractivity contribution in [2.24, 2.45) is 7.05 Å². The van der Waals surface area contributed by atoms with Crippen molar-refractivity contribution >= 4 is 5.91 Å². The number of nitrogens with one attached hydrogen (secondary N) is 1. The van der Waals surface area contributed by atoms with Gasteiger partial charge in [0.1, 0.15) is 17.2 Å². The summed E-state index contributed by atoms with van der Waals surface area (Å²) in [7, 11) is 1.85. The summed E-state index contributed by atoms with van der Waals surface area (Å²) in [4.78, 5) is 12.4. The summed E-state index contributed by atoms with van der Waals surface area (Å²) in [5.41, 5.74) is 1.64. The van der Waals surface area contributed by atoms with Crippen LogP contribution in [0.25, 0.3) is 0 Å². The lowest BCUT2D eigenvalue weighted by molar-refractivity contribution is -0.134.